The highest BCUT2D eigenvalue weighted by molar-refractivity contribution is 5.93. The second-order valence-electron chi connectivity index (χ2n) is 6.60. The predicted molar refractivity (Wildman–Crippen MR) is 106 cm³/mol. The van der Waals surface area contributed by atoms with Crippen LogP contribution in [-0.4, -0.2) is 28.7 Å². The topological polar surface area (TPSA) is 117 Å². The first kappa shape index (κ1) is 19.2. The quantitative estimate of drug-likeness (QED) is 0.500. The number of aromatic amines is 1. The van der Waals surface area contributed by atoms with Crippen molar-refractivity contribution in [2.45, 2.75) is 25.9 Å². The number of benzene rings is 2. The molecule has 1 heterocycles. The van der Waals surface area contributed by atoms with Gasteiger partial charge in [-0.25, -0.2) is 0 Å². The summed E-state index contributed by atoms with van der Waals surface area (Å²) in [5.41, 5.74) is 8.33. The van der Waals surface area contributed by atoms with Gasteiger partial charge in [-0.05, 0) is 29.3 Å². The number of fused-ring (bicyclic) bond motifs is 1. The van der Waals surface area contributed by atoms with Crippen LogP contribution in [0.1, 0.15) is 28.4 Å². The second kappa shape index (κ2) is 8.39. The van der Waals surface area contributed by atoms with Gasteiger partial charge in [0.25, 0.3) is 0 Å². The maximum Gasteiger partial charge on any atom is 0.248 e. The predicted octanol–water partition coefficient (Wildman–Crippen LogP) is 1.63. The van der Waals surface area contributed by atoms with Gasteiger partial charge in [0, 0.05) is 42.6 Å². The van der Waals surface area contributed by atoms with Crippen molar-refractivity contribution in [2.24, 2.45) is 5.73 Å². The number of rotatable bonds is 7. The van der Waals surface area contributed by atoms with Crippen LogP contribution in [0.4, 0.5) is 0 Å². The lowest BCUT2D eigenvalue weighted by molar-refractivity contribution is -0.128. The Morgan fingerprint density at radius 3 is 2.64 bits per heavy atom. The lowest BCUT2D eigenvalue weighted by Gasteiger charge is -2.17. The molecule has 144 valence electrons. The van der Waals surface area contributed by atoms with Crippen molar-refractivity contribution in [3.8, 4) is 0 Å². The number of primary amides is 1. The van der Waals surface area contributed by atoms with Crippen molar-refractivity contribution in [3.63, 3.8) is 0 Å². The molecule has 0 spiro atoms. The molecule has 7 heteroatoms. The fourth-order valence-electron chi connectivity index (χ4n) is 3.12. The van der Waals surface area contributed by atoms with Gasteiger partial charge in [0.15, 0.2) is 0 Å². The summed E-state index contributed by atoms with van der Waals surface area (Å²) in [7, 11) is 0. The van der Waals surface area contributed by atoms with E-state index in [0.29, 0.717) is 12.0 Å². The Hall–Kier alpha value is -3.61. The Labute approximate surface area is 162 Å². The Kier molecular flexibility index (Phi) is 5.74. The molecular weight excluding hydrogens is 356 g/mol. The summed E-state index contributed by atoms with van der Waals surface area (Å²) in [6.07, 6.45) is 2.21. The number of carbonyl (C=O) groups is 3. The van der Waals surface area contributed by atoms with E-state index >= 15 is 0 Å². The fourth-order valence-corrected chi connectivity index (χ4v) is 3.12. The molecular formula is C21H22N4O3. The van der Waals surface area contributed by atoms with Gasteiger partial charge in [0.1, 0.15) is 6.04 Å². The molecule has 0 saturated heterocycles. The molecule has 0 radical (unpaired) electrons. The number of aromatic nitrogens is 1. The molecule has 0 aliphatic rings. The van der Waals surface area contributed by atoms with E-state index in [4.69, 9.17) is 5.73 Å². The Bertz CT molecular complexity index is 1030. The number of H-pyrrole nitrogens is 1. The van der Waals surface area contributed by atoms with E-state index in [1.807, 2.05) is 30.5 Å². The summed E-state index contributed by atoms with van der Waals surface area (Å²) in [5, 5.41) is 6.54. The van der Waals surface area contributed by atoms with Crippen LogP contribution in [-0.2, 0) is 22.6 Å². The minimum Gasteiger partial charge on any atom is -0.366 e. The second-order valence-corrected chi connectivity index (χ2v) is 6.60. The molecule has 0 aliphatic carbocycles. The molecule has 28 heavy (non-hydrogen) atoms. The van der Waals surface area contributed by atoms with E-state index in [0.717, 1.165) is 22.0 Å². The molecule has 3 rings (SSSR count). The van der Waals surface area contributed by atoms with Crippen LogP contribution >= 0.6 is 0 Å². The van der Waals surface area contributed by atoms with Crippen LogP contribution in [0.5, 0.6) is 0 Å². The third-order valence-corrected chi connectivity index (χ3v) is 4.47. The average Bonchev–Trinajstić information content (AvgIpc) is 3.08. The van der Waals surface area contributed by atoms with Crippen LogP contribution in [0.3, 0.4) is 0 Å². The van der Waals surface area contributed by atoms with Gasteiger partial charge in [-0.15, -0.1) is 0 Å². The molecule has 5 N–H and O–H groups in total. The first-order valence-electron chi connectivity index (χ1n) is 8.92. The standard InChI is InChI=1S/C21H22N4O3/c1-13(26)25-19(10-16-12-23-18-8-3-2-7-17(16)18)21(28)24-11-14-5-4-6-15(9-14)20(22)27/h2-9,12,19,23H,10-11H2,1H3,(H2,22,27)(H,24,28)(H,25,26). The third kappa shape index (κ3) is 4.56. The van der Waals surface area contributed by atoms with Crippen LogP contribution < -0.4 is 16.4 Å². The number of nitrogens with two attached hydrogens (primary N) is 1. The zero-order chi connectivity index (χ0) is 20.1. The Balaban J connectivity index is 1.72. The number of nitrogens with one attached hydrogen (secondary N) is 3. The van der Waals surface area contributed by atoms with E-state index in [-0.39, 0.29) is 18.4 Å². The molecule has 1 unspecified atom stereocenters. The highest BCUT2D eigenvalue weighted by atomic mass is 16.2. The number of para-hydroxylation sites is 1. The van der Waals surface area contributed by atoms with Gasteiger partial charge < -0.3 is 21.4 Å². The van der Waals surface area contributed by atoms with Gasteiger partial charge in [-0.3, -0.25) is 14.4 Å². The Morgan fingerprint density at radius 1 is 1.11 bits per heavy atom. The minimum atomic E-state index is -0.712. The number of amides is 3. The number of hydrogen-bond donors (Lipinski definition) is 4. The van der Waals surface area contributed by atoms with E-state index in [9.17, 15) is 14.4 Å². The van der Waals surface area contributed by atoms with Crippen molar-refractivity contribution >= 4 is 28.6 Å². The zero-order valence-electron chi connectivity index (χ0n) is 15.5. The maximum absolute atomic E-state index is 12.7. The van der Waals surface area contributed by atoms with E-state index in [1.54, 1.807) is 24.3 Å². The van der Waals surface area contributed by atoms with E-state index < -0.39 is 11.9 Å². The summed E-state index contributed by atoms with van der Waals surface area (Å²) in [4.78, 5) is 38.8. The van der Waals surface area contributed by atoms with Crippen LogP contribution in [0.25, 0.3) is 10.9 Å². The zero-order valence-corrected chi connectivity index (χ0v) is 15.5. The maximum atomic E-state index is 12.7. The summed E-state index contributed by atoms with van der Waals surface area (Å²) in [5.74, 6) is -1.11. The lowest BCUT2D eigenvalue weighted by atomic mass is 10.0. The van der Waals surface area contributed by atoms with Crippen LogP contribution in [0.2, 0.25) is 0 Å². The fraction of sp³-hybridized carbons (Fsp3) is 0.190. The molecule has 0 bridgehead atoms. The molecule has 3 amide bonds. The molecule has 1 atom stereocenters. The molecule has 7 nitrogen and oxygen atoms in total. The summed E-state index contributed by atoms with van der Waals surface area (Å²) < 4.78 is 0. The van der Waals surface area contributed by atoms with Crippen LogP contribution in [0.15, 0.2) is 54.7 Å². The Morgan fingerprint density at radius 2 is 1.89 bits per heavy atom. The van der Waals surface area contributed by atoms with Gasteiger partial charge in [0.05, 0.1) is 0 Å². The van der Waals surface area contributed by atoms with Crippen molar-refractivity contribution in [2.75, 3.05) is 0 Å². The molecule has 0 saturated carbocycles. The first-order chi connectivity index (χ1) is 13.4. The SMILES string of the molecule is CC(=O)NC(Cc1c[nH]c2ccccc12)C(=O)NCc1cccc(C(N)=O)c1. The number of hydrogen-bond acceptors (Lipinski definition) is 3. The largest absolute Gasteiger partial charge is 0.366 e. The van der Waals surface area contributed by atoms with Crippen molar-refractivity contribution in [1.82, 2.24) is 15.6 Å². The molecule has 3 aromatic rings. The highest BCUT2D eigenvalue weighted by Gasteiger charge is 2.21. The van der Waals surface area contributed by atoms with Crippen molar-refractivity contribution < 1.29 is 14.4 Å². The van der Waals surface area contributed by atoms with Crippen LogP contribution in [0, 0.1) is 0 Å². The van der Waals surface area contributed by atoms with Gasteiger partial charge in [0.2, 0.25) is 17.7 Å². The summed E-state index contributed by atoms with van der Waals surface area (Å²) in [6.45, 7) is 1.61. The average molecular weight is 378 g/mol. The molecule has 0 aliphatic heterocycles. The van der Waals surface area contributed by atoms with Crippen molar-refractivity contribution in [1.29, 1.82) is 0 Å². The van der Waals surface area contributed by atoms with Gasteiger partial charge >= 0.3 is 0 Å². The molecule has 2 aromatic carbocycles. The third-order valence-electron chi connectivity index (χ3n) is 4.47. The monoisotopic (exact) mass is 378 g/mol. The van der Waals surface area contributed by atoms with E-state index in [2.05, 4.69) is 15.6 Å². The van der Waals surface area contributed by atoms with E-state index in [1.165, 1.54) is 6.92 Å². The molecule has 1 aromatic heterocycles. The minimum absolute atomic E-state index is 0.226. The summed E-state index contributed by atoms with van der Waals surface area (Å²) >= 11 is 0. The molecule has 0 fully saturated rings. The van der Waals surface area contributed by atoms with Crippen molar-refractivity contribution in [3.05, 3.63) is 71.4 Å². The normalized spacial score (nSPS) is 11.8. The van der Waals surface area contributed by atoms with Gasteiger partial charge in [-0.1, -0.05) is 30.3 Å². The van der Waals surface area contributed by atoms with Gasteiger partial charge in [-0.2, -0.15) is 0 Å². The first-order valence-corrected chi connectivity index (χ1v) is 8.92. The lowest BCUT2D eigenvalue weighted by Crippen LogP contribution is -2.47. The highest BCUT2D eigenvalue weighted by Crippen LogP contribution is 2.19. The smallest absolute Gasteiger partial charge is 0.248 e. The number of carbonyl (C=O) groups excluding carboxylic acids is 3. The summed E-state index contributed by atoms with van der Waals surface area (Å²) in [6, 6.07) is 13.8.